The van der Waals surface area contributed by atoms with Gasteiger partial charge in [-0.2, -0.15) is 5.26 Å². The van der Waals surface area contributed by atoms with Crippen molar-refractivity contribution in [3.8, 4) is 11.8 Å². The Morgan fingerprint density at radius 3 is 2.75 bits per heavy atom. The summed E-state index contributed by atoms with van der Waals surface area (Å²) < 4.78 is 17.9. The Labute approximate surface area is 91.2 Å². The third-order valence-corrected chi connectivity index (χ3v) is 1.83. The van der Waals surface area contributed by atoms with Gasteiger partial charge in [-0.3, -0.25) is 0 Å². The molecule has 4 nitrogen and oxygen atoms in total. The SMILES string of the molecule is COc1ccc(/C=C(\C#N)C(=O)[O-])cc1F. The van der Waals surface area contributed by atoms with Gasteiger partial charge in [0.2, 0.25) is 0 Å². The van der Waals surface area contributed by atoms with Gasteiger partial charge in [0.15, 0.2) is 11.6 Å². The molecule has 0 aliphatic rings. The van der Waals surface area contributed by atoms with Crippen LogP contribution in [0.4, 0.5) is 4.39 Å². The lowest BCUT2D eigenvalue weighted by Gasteiger charge is -2.03. The molecule has 82 valence electrons. The molecule has 1 aromatic carbocycles. The Kier molecular flexibility index (Phi) is 3.62. The van der Waals surface area contributed by atoms with Gasteiger partial charge >= 0.3 is 0 Å². The second-order valence-electron chi connectivity index (χ2n) is 2.85. The van der Waals surface area contributed by atoms with Gasteiger partial charge in [-0.15, -0.1) is 0 Å². The Bertz CT molecular complexity index is 488. The van der Waals surface area contributed by atoms with Crippen LogP contribution in [0, 0.1) is 17.1 Å². The molecular formula is C11H7FNO3-. The molecule has 1 aromatic rings. The molecule has 0 unspecified atom stereocenters. The largest absolute Gasteiger partial charge is 0.544 e. The minimum Gasteiger partial charge on any atom is -0.544 e. The molecule has 0 N–H and O–H groups in total. The number of halogens is 1. The van der Waals surface area contributed by atoms with E-state index in [2.05, 4.69) is 4.74 Å². The second-order valence-corrected chi connectivity index (χ2v) is 2.85. The first-order valence-electron chi connectivity index (χ1n) is 4.25. The lowest BCUT2D eigenvalue weighted by atomic mass is 10.1. The summed E-state index contributed by atoms with van der Waals surface area (Å²) >= 11 is 0. The number of nitrogens with zero attached hydrogens (tertiary/aromatic N) is 1. The van der Waals surface area contributed by atoms with E-state index in [0.29, 0.717) is 0 Å². The summed E-state index contributed by atoms with van der Waals surface area (Å²) in [6, 6.07) is 5.28. The number of carboxylic acid groups (broad SMARTS) is 1. The molecule has 0 aliphatic heterocycles. The van der Waals surface area contributed by atoms with Gasteiger partial charge in [0.1, 0.15) is 6.07 Å². The van der Waals surface area contributed by atoms with E-state index in [1.807, 2.05) is 0 Å². The Balaban J connectivity index is 3.12. The van der Waals surface area contributed by atoms with E-state index in [0.717, 1.165) is 12.1 Å². The van der Waals surface area contributed by atoms with Gasteiger partial charge in [-0.25, -0.2) is 4.39 Å². The summed E-state index contributed by atoms with van der Waals surface area (Å²) in [6.45, 7) is 0. The predicted octanol–water partition coefficient (Wildman–Crippen LogP) is 0.491. The number of aliphatic carboxylic acids is 1. The van der Waals surface area contributed by atoms with E-state index < -0.39 is 17.4 Å². The molecule has 0 atom stereocenters. The van der Waals surface area contributed by atoms with E-state index in [-0.39, 0.29) is 11.3 Å². The molecule has 5 heteroatoms. The first-order chi connectivity index (χ1) is 7.58. The van der Waals surface area contributed by atoms with Crippen LogP contribution >= 0.6 is 0 Å². The molecule has 0 heterocycles. The van der Waals surface area contributed by atoms with Gasteiger partial charge in [0.05, 0.1) is 18.7 Å². The number of methoxy groups -OCH3 is 1. The zero-order valence-corrected chi connectivity index (χ0v) is 8.36. The van der Waals surface area contributed by atoms with Crippen molar-refractivity contribution >= 4 is 12.0 Å². The molecular weight excluding hydrogens is 213 g/mol. The molecule has 0 aliphatic carbocycles. The summed E-state index contributed by atoms with van der Waals surface area (Å²) in [6.07, 6.45) is 1.03. The van der Waals surface area contributed by atoms with E-state index in [1.54, 1.807) is 0 Å². The minimum atomic E-state index is -1.60. The summed E-state index contributed by atoms with van der Waals surface area (Å²) in [7, 11) is 1.32. The fourth-order valence-electron chi connectivity index (χ4n) is 1.08. The van der Waals surface area contributed by atoms with E-state index >= 15 is 0 Å². The van der Waals surface area contributed by atoms with Crippen molar-refractivity contribution in [3.63, 3.8) is 0 Å². The van der Waals surface area contributed by atoms with Crippen molar-refractivity contribution in [2.24, 2.45) is 0 Å². The summed E-state index contributed by atoms with van der Waals surface area (Å²) in [5.41, 5.74) is -0.316. The van der Waals surface area contributed by atoms with Crippen LogP contribution in [0.2, 0.25) is 0 Å². The maximum Gasteiger partial charge on any atom is 0.165 e. The van der Waals surface area contributed by atoms with Gasteiger partial charge < -0.3 is 14.6 Å². The molecule has 0 bridgehead atoms. The number of hydrogen-bond acceptors (Lipinski definition) is 4. The van der Waals surface area contributed by atoms with Crippen LogP contribution in [0.15, 0.2) is 23.8 Å². The standard InChI is InChI=1S/C11H8FNO3/c1-16-10-3-2-7(5-9(10)12)4-8(6-13)11(14)15/h2-5H,1H3,(H,14,15)/p-1/b8-4+. The molecule has 0 saturated carbocycles. The van der Waals surface area contributed by atoms with Crippen LogP contribution in [0.5, 0.6) is 5.75 Å². The first kappa shape index (κ1) is 11.7. The number of carbonyl (C=O) groups excluding carboxylic acids is 1. The quantitative estimate of drug-likeness (QED) is 0.549. The average molecular weight is 220 g/mol. The summed E-state index contributed by atoms with van der Waals surface area (Å²) in [5.74, 6) is -2.19. The highest BCUT2D eigenvalue weighted by molar-refractivity contribution is 5.95. The molecule has 0 spiro atoms. The lowest BCUT2D eigenvalue weighted by Crippen LogP contribution is -2.23. The topological polar surface area (TPSA) is 73.1 Å². The lowest BCUT2D eigenvalue weighted by molar-refractivity contribution is -0.298. The van der Waals surface area contributed by atoms with Crippen LogP contribution in [-0.4, -0.2) is 13.1 Å². The number of benzene rings is 1. The Hall–Kier alpha value is -2.35. The van der Waals surface area contributed by atoms with Crippen molar-refractivity contribution in [1.82, 2.24) is 0 Å². The normalized spacial score (nSPS) is 10.7. The van der Waals surface area contributed by atoms with Crippen molar-refractivity contribution in [2.45, 2.75) is 0 Å². The van der Waals surface area contributed by atoms with Gasteiger partial charge in [0.25, 0.3) is 0 Å². The van der Waals surface area contributed by atoms with E-state index in [9.17, 15) is 14.3 Å². The van der Waals surface area contributed by atoms with Crippen LogP contribution in [0.25, 0.3) is 6.08 Å². The third-order valence-electron chi connectivity index (χ3n) is 1.83. The average Bonchev–Trinajstić information content (AvgIpc) is 2.25. The smallest absolute Gasteiger partial charge is 0.165 e. The van der Waals surface area contributed by atoms with Crippen LogP contribution in [0.3, 0.4) is 0 Å². The highest BCUT2D eigenvalue weighted by Gasteiger charge is 2.03. The number of carboxylic acids is 1. The fraction of sp³-hybridized carbons (Fsp3) is 0.0909. The maximum atomic E-state index is 13.2. The monoisotopic (exact) mass is 220 g/mol. The number of ether oxygens (including phenoxy) is 1. The third kappa shape index (κ3) is 2.58. The Morgan fingerprint density at radius 2 is 2.31 bits per heavy atom. The number of rotatable bonds is 3. The van der Waals surface area contributed by atoms with Gasteiger partial charge in [0, 0.05) is 0 Å². The van der Waals surface area contributed by atoms with Crippen LogP contribution < -0.4 is 9.84 Å². The summed E-state index contributed by atoms with van der Waals surface area (Å²) in [5, 5.41) is 18.9. The van der Waals surface area contributed by atoms with Crippen molar-refractivity contribution in [3.05, 3.63) is 35.2 Å². The molecule has 0 saturated heterocycles. The van der Waals surface area contributed by atoms with Gasteiger partial charge in [-0.05, 0) is 23.8 Å². The zero-order chi connectivity index (χ0) is 12.1. The maximum absolute atomic E-state index is 13.2. The highest BCUT2D eigenvalue weighted by atomic mass is 19.1. The second kappa shape index (κ2) is 4.94. The zero-order valence-electron chi connectivity index (χ0n) is 8.36. The number of nitriles is 1. The minimum absolute atomic E-state index is 0.0455. The van der Waals surface area contributed by atoms with Crippen molar-refractivity contribution in [1.29, 1.82) is 5.26 Å². The van der Waals surface area contributed by atoms with E-state index in [1.165, 1.54) is 25.3 Å². The molecule has 0 amide bonds. The van der Waals surface area contributed by atoms with Gasteiger partial charge in [-0.1, -0.05) is 6.07 Å². The van der Waals surface area contributed by atoms with Crippen LogP contribution in [0.1, 0.15) is 5.56 Å². The summed E-state index contributed by atoms with van der Waals surface area (Å²) in [4.78, 5) is 10.4. The number of carbonyl (C=O) groups is 1. The van der Waals surface area contributed by atoms with Crippen molar-refractivity contribution < 1.29 is 19.0 Å². The van der Waals surface area contributed by atoms with Crippen LogP contribution in [-0.2, 0) is 4.79 Å². The molecule has 0 radical (unpaired) electrons. The molecule has 0 fully saturated rings. The number of hydrogen-bond donors (Lipinski definition) is 0. The first-order valence-corrected chi connectivity index (χ1v) is 4.25. The molecule has 0 aromatic heterocycles. The Morgan fingerprint density at radius 1 is 1.62 bits per heavy atom. The highest BCUT2D eigenvalue weighted by Crippen LogP contribution is 2.19. The van der Waals surface area contributed by atoms with E-state index in [4.69, 9.17) is 5.26 Å². The van der Waals surface area contributed by atoms with Crippen molar-refractivity contribution in [2.75, 3.05) is 7.11 Å². The molecule has 16 heavy (non-hydrogen) atoms. The predicted molar refractivity (Wildman–Crippen MR) is 51.5 cm³/mol. The molecule has 1 rings (SSSR count). The fourth-order valence-corrected chi connectivity index (χ4v) is 1.08.